The van der Waals surface area contributed by atoms with E-state index >= 15 is 0 Å². The molecule has 0 aromatic rings. The van der Waals surface area contributed by atoms with Crippen molar-refractivity contribution < 1.29 is 21.5 Å². The van der Waals surface area contributed by atoms with Gasteiger partial charge in [-0.2, -0.15) is 0 Å². The van der Waals surface area contributed by atoms with E-state index in [4.69, 9.17) is 21.5 Å². The fourth-order valence-electron chi connectivity index (χ4n) is 2.93. The molecule has 0 atom stereocenters. The van der Waals surface area contributed by atoms with Gasteiger partial charge in [0.1, 0.15) is 0 Å². The maximum absolute atomic E-state index is 6.58. The molecular formula is C15H40O5Si4. The first kappa shape index (κ1) is 24.7. The minimum atomic E-state index is -2.59. The second-order valence-electron chi connectivity index (χ2n) is 7.96. The highest BCUT2D eigenvalue weighted by atomic mass is 28.5. The SMILES string of the molecule is CCO[Si](CC[Si](C)(C)O[Si](C)(C)O[Si](C)(C)C)(OCC)OCC. The van der Waals surface area contributed by atoms with Crippen LogP contribution < -0.4 is 0 Å². The molecule has 0 bridgehead atoms. The van der Waals surface area contributed by atoms with E-state index in [1.807, 2.05) is 20.8 Å². The molecule has 0 aliphatic carbocycles. The Hall–Kier alpha value is 0.668. The van der Waals surface area contributed by atoms with Crippen molar-refractivity contribution in [3.63, 3.8) is 0 Å². The number of hydrogen-bond acceptors (Lipinski definition) is 5. The molecule has 24 heavy (non-hydrogen) atoms. The lowest BCUT2D eigenvalue weighted by molar-refractivity contribution is 0.0722. The highest BCUT2D eigenvalue weighted by Gasteiger charge is 2.44. The predicted molar refractivity (Wildman–Crippen MR) is 111 cm³/mol. The summed E-state index contributed by atoms with van der Waals surface area (Å²) in [6, 6.07) is 1.78. The lowest BCUT2D eigenvalue weighted by Crippen LogP contribution is -2.53. The topological polar surface area (TPSA) is 46.2 Å². The molecule has 0 unspecified atom stereocenters. The van der Waals surface area contributed by atoms with Crippen LogP contribution in [0.15, 0.2) is 0 Å². The first-order chi connectivity index (χ1) is 10.8. The lowest BCUT2D eigenvalue weighted by Gasteiger charge is -2.38. The molecule has 5 nitrogen and oxygen atoms in total. The molecule has 0 amide bonds. The average Bonchev–Trinajstić information content (AvgIpc) is 2.33. The van der Waals surface area contributed by atoms with Crippen LogP contribution in [0.3, 0.4) is 0 Å². The fraction of sp³-hybridized carbons (Fsp3) is 1.00. The van der Waals surface area contributed by atoms with Gasteiger partial charge in [-0.15, -0.1) is 0 Å². The van der Waals surface area contributed by atoms with Gasteiger partial charge in [-0.1, -0.05) is 0 Å². The Bertz CT molecular complexity index is 341. The van der Waals surface area contributed by atoms with Crippen molar-refractivity contribution >= 4 is 34.0 Å². The van der Waals surface area contributed by atoms with Gasteiger partial charge < -0.3 is 21.5 Å². The van der Waals surface area contributed by atoms with E-state index in [-0.39, 0.29) is 0 Å². The number of rotatable bonds is 13. The van der Waals surface area contributed by atoms with Gasteiger partial charge in [0.05, 0.1) is 0 Å². The first-order valence-electron chi connectivity index (χ1n) is 9.12. The summed E-state index contributed by atoms with van der Waals surface area (Å²) in [6.45, 7) is 23.4. The Labute approximate surface area is 154 Å². The minimum Gasteiger partial charge on any atom is -0.437 e. The van der Waals surface area contributed by atoms with Gasteiger partial charge in [-0.05, 0) is 72.6 Å². The van der Waals surface area contributed by atoms with Crippen molar-refractivity contribution in [2.75, 3.05) is 19.8 Å². The van der Waals surface area contributed by atoms with Gasteiger partial charge in [0.25, 0.3) is 0 Å². The maximum atomic E-state index is 6.58. The lowest BCUT2D eigenvalue weighted by atomic mass is 10.9. The van der Waals surface area contributed by atoms with E-state index < -0.39 is 34.0 Å². The summed E-state index contributed by atoms with van der Waals surface area (Å²) < 4.78 is 30.8. The highest BCUT2D eigenvalue weighted by molar-refractivity contribution is 6.87. The van der Waals surface area contributed by atoms with E-state index in [9.17, 15) is 0 Å². The second kappa shape index (κ2) is 10.1. The fourth-order valence-corrected chi connectivity index (χ4v) is 20.7. The van der Waals surface area contributed by atoms with Crippen molar-refractivity contribution in [2.45, 2.75) is 78.7 Å². The van der Waals surface area contributed by atoms with Crippen molar-refractivity contribution in [3.05, 3.63) is 0 Å². The van der Waals surface area contributed by atoms with E-state index in [0.717, 1.165) is 12.1 Å². The molecule has 0 rings (SSSR count). The summed E-state index contributed by atoms with van der Waals surface area (Å²) >= 11 is 0. The van der Waals surface area contributed by atoms with Crippen LogP contribution in [0.4, 0.5) is 0 Å². The summed E-state index contributed by atoms with van der Waals surface area (Å²) in [5.41, 5.74) is 0. The Morgan fingerprint density at radius 3 is 1.33 bits per heavy atom. The third kappa shape index (κ3) is 10.6. The van der Waals surface area contributed by atoms with Crippen LogP contribution in [-0.2, 0) is 21.5 Å². The molecule has 0 fully saturated rings. The zero-order chi connectivity index (χ0) is 19.1. The van der Waals surface area contributed by atoms with E-state index in [2.05, 4.69) is 45.8 Å². The summed E-state index contributed by atoms with van der Waals surface area (Å²) in [5.74, 6) is 0. The van der Waals surface area contributed by atoms with Gasteiger partial charge in [0.2, 0.25) is 0 Å². The van der Waals surface area contributed by atoms with Crippen LogP contribution in [0.1, 0.15) is 20.8 Å². The largest absolute Gasteiger partial charge is 0.500 e. The Morgan fingerprint density at radius 1 is 0.583 bits per heavy atom. The molecule has 0 aromatic heterocycles. The van der Waals surface area contributed by atoms with E-state index in [1.54, 1.807) is 0 Å². The molecule has 0 N–H and O–H groups in total. The maximum Gasteiger partial charge on any atom is 0.500 e. The van der Waals surface area contributed by atoms with Crippen LogP contribution in [0.5, 0.6) is 0 Å². The molecule has 0 heterocycles. The molecular weight excluding hydrogens is 373 g/mol. The summed E-state index contributed by atoms with van der Waals surface area (Å²) in [6.07, 6.45) is 0. The molecule has 0 aromatic carbocycles. The molecule has 0 aliphatic rings. The molecule has 0 radical (unpaired) electrons. The number of hydrogen-bond donors (Lipinski definition) is 0. The predicted octanol–water partition coefficient (Wildman–Crippen LogP) is 4.81. The summed E-state index contributed by atoms with van der Waals surface area (Å²) in [4.78, 5) is 0. The quantitative estimate of drug-likeness (QED) is 0.406. The van der Waals surface area contributed by atoms with E-state index in [0.29, 0.717) is 19.8 Å². The van der Waals surface area contributed by atoms with Crippen LogP contribution in [-0.4, -0.2) is 53.8 Å². The van der Waals surface area contributed by atoms with Crippen molar-refractivity contribution in [1.82, 2.24) is 0 Å². The van der Waals surface area contributed by atoms with Crippen LogP contribution >= 0.6 is 0 Å². The Morgan fingerprint density at radius 2 is 1.00 bits per heavy atom. The van der Waals surface area contributed by atoms with E-state index in [1.165, 1.54) is 0 Å². The zero-order valence-corrected chi connectivity index (χ0v) is 21.6. The Balaban J connectivity index is 4.92. The van der Waals surface area contributed by atoms with Crippen molar-refractivity contribution in [1.29, 1.82) is 0 Å². The molecule has 0 aliphatic heterocycles. The first-order valence-corrected chi connectivity index (χ1v) is 20.4. The van der Waals surface area contributed by atoms with Crippen molar-refractivity contribution in [3.8, 4) is 0 Å². The molecule has 146 valence electrons. The third-order valence-electron chi connectivity index (χ3n) is 3.20. The monoisotopic (exact) mass is 412 g/mol. The van der Waals surface area contributed by atoms with Gasteiger partial charge >= 0.3 is 17.4 Å². The average molecular weight is 413 g/mol. The molecule has 0 spiro atoms. The standard InChI is InChI=1S/C15H40O5Si4/c1-11-16-24(17-12-2,18-13-3)15-14-22(7,8)20-23(9,10)19-21(4,5)6/h11-15H2,1-10H3. The smallest absolute Gasteiger partial charge is 0.437 e. The van der Waals surface area contributed by atoms with Crippen molar-refractivity contribution in [2.24, 2.45) is 0 Å². The van der Waals surface area contributed by atoms with Crippen LogP contribution in [0, 0.1) is 0 Å². The summed E-state index contributed by atoms with van der Waals surface area (Å²) in [5, 5.41) is 0. The molecule has 9 heteroatoms. The summed E-state index contributed by atoms with van der Waals surface area (Å²) in [7, 11) is -8.18. The zero-order valence-electron chi connectivity index (χ0n) is 17.6. The van der Waals surface area contributed by atoms with Gasteiger partial charge in [0.15, 0.2) is 16.6 Å². The highest BCUT2D eigenvalue weighted by Crippen LogP contribution is 2.28. The second-order valence-corrected chi connectivity index (χ2v) is 23.4. The molecule has 0 saturated heterocycles. The third-order valence-corrected chi connectivity index (χ3v) is 16.8. The Kier molecular flexibility index (Phi) is 10.4. The molecule has 0 saturated carbocycles. The normalized spacial score (nSPS) is 14.2. The van der Waals surface area contributed by atoms with Crippen LogP contribution in [0.25, 0.3) is 0 Å². The minimum absolute atomic E-state index is 0.619. The van der Waals surface area contributed by atoms with Gasteiger partial charge in [-0.25, -0.2) is 0 Å². The van der Waals surface area contributed by atoms with Gasteiger partial charge in [-0.3, -0.25) is 0 Å². The van der Waals surface area contributed by atoms with Gasteiger partial charge in [0, 0.05) is 25.9 Å². The van der Waals surface area contributed by atoms with Crippen LogP contribution in [0.2, 0.25) is 57.9 Å².